The van der Waals surface area contributed by atoms with E-state index in [-0.39, 0.29) is 11.7 Å². The number of ether oxygens (including phenoxy) is 2. The van der Waals surface area contributed by atoms with E-state index in [2.05, 4.69) is 6.92 Å². The lowest BCUT2D eigenvalue weighted by Gasteiger charge is -2.14. The van der Waals surface area contributed by atoms with Gasteiger partial charge in [-0.25, -0.2) is 0 Å². The molecule has 3 heteroatoms. The lowest BCUT2D eigenvalue weighted by atomic mass is 9.96. The lowest BCUT2D eigenvalue weighted by Crippen LogP contribution is -1.99. The van der Waals surface area contributed by atoms with Gasteiger partial charge in [-0.2, -0.15) is 0 Å². The van der Waals surface area contributed by atoms with Gasteiger partial charge in [0, 0.05) is 22.8 Å². The topological polar surface area (TPSA) is 35.5 Å². The number of ketones is 1. The summed E-state index contributed by atoms with van der Waals surface area (Å²) >= 11 is 0. The number of carbonyl (C=O) groups excluding carboxylic acids is 1. The molecule has 1 aliphatic rings. The fourth-order valence-corrected chi connectivity index (χ4v) is 3.11. The fourth-order valence-electron chi connectivity index (χ4n) is 3.11. The third kappa shape index (κ3) is 2.27. The van der Waals surface area contributed by atoms with E-state index in [1.54, 1.807) is 0 Å². The summed E-state index contributed by atoms with van der Waals surface area (Å²) in [5, 5.41) is 1.94. The molecule has 0 bridgehead atoms. The maximum Gasteiger partial charge on any atom is 0.164 e. The Morgan fingerprint density at radius 3 is 2.57 bits per heavy atom. The first-order valence-corrected chi connectivity index (χ1v) is 7.55. The summed E-state index contributed by atoms with van der Waals surface area (Å²) in [4.78, 5) is 12.3. The number of rotatable bonds is 4. The molecule has 1 atom stereocenters. The van der Waals surface area contributed by atoms with Crippen molar-refractivity contribution in [3.8, 4) is 11.5 Å². The van der Waals surface area contributed by atoms with E-state index >= 15 is 0 Å². The van der Waals surface area contributed by atoms with E-state index in [1.807, 2.05) is 38.1 Å². The van der Waals surface area contributed by atoms with Gasteiger partial charge in [0.05, 0.1) is 13.2 Å². The third-order valence-electron chi connectivity index (χ3n) is 4.01. The molecule has 0 aromatic heterocycles. The smallest absolute Gasteiger partial charge is 0.164 e. The predicted octanol–water partition coefficient (Wildman–Crippen LogP) is 4.33. The second kappa shape index (κ2) is 5.40. The molecule has 0 N–H and O–H groups in total. The zero-order chi connectivity index (χ0) is 15.0. The predicted molar refractivity (Wildman–Crippen MR) is 83.6 cm³/mol. The highest BCUT2D eigenvalue weighted by Crippen LogP contribution is 2.42. The molecule has 0 heterocycles. The van der Waals surface area contributed by atoms with Crippen LogP contribution in [-0.2, 0) is 0 Å². The zero-order valence-corrected chi connectivity index (χ0v) is 12.7. The summed E-state index contributed by atoms with van der Waals surface area (Å²) in [7, 11) is 0. The molecular weight excluding hydrogens is 264 g/mol. The van der Waals surface area contributed by atoms with E-state index < -0.39 is 0 Å². The van der Waals surface area contributed by atoms with Crippen LogP contribution in [0.2, 0.25) is 0 Å². The molecule has 0 saturated carbocycles. The highest BCUT2D eigenvalue weighted by molar-refractivity contribution is 6.13. The molecule has 0 spiro atoms. The first kappa shape index (κ1) is 13.9. The first-order chi connectivity index (χ1) is 10.2. The molecule has 110 valence electrons. The highest BCUT2D eigenvalue weighted by atomic mass is 16.5. The van der Waals surface area contributed by atoms with Crippen LogP contribution in [-0.4, -0.2) is 19.0 Å². The van der Waals surface area contributed by atoms with Crippen LogP contribution in [0, 0.1) is 0 Å². The average molecular weight is 284 g/mol. The number of fused-ring (bicyclic) bond motifs is 3. The van der Waals surface area contributed by atoms with Gasteiger partial charge in [0.15, 0.2) is 5.78 Å². The quantitative estimate of drug-likeness (QED) is 0.838. The second-order valence-corrected chi connectivity index (χ2v) is 5.44. The highest BCUT2D eigenvalue weighted by Gasteiger charge is 2.29. The molecule has 1 unspecified atom stereocenters. The molecule has 3 rings (SSSR count). The number of hydrogen-bond donors (Lipinski definition) is 0. The normalized spacial score (nSPS) is 17.1. The maximum absolute atomic E-state index is 12.3. The van der Waals surface area contributed by atoms with Crippen LogP contribution in [0.15, 0.2) is 24.3 Å². The van der Waals surface area contributed by atoms with Crippen LogP contribution >= 0.6 is 0 Å². The Bertz CT molecular complexity index is 703. The van der Waals surface area contributed by atoms with Gasteiger partial charge in [-0.3, -0.25) is 4.79 Å². The van der Waals surface area contributed by atoms with Crippen molar-refractivity contribution in [3.05, 3.63) is 35.4 Å². The molecule has 0 amide bonds. The van der Waals surface area contributed by atoms with Crippen LogP contribution in [0.1, 0.15) is 49.0 Å². The molecule has 0 saturated heterocycles. The molecule has 0 aliphatic heterocycles. The van der Waals surface area contributed by atoms with Crippen LogP contribution < -0.4 is 9.47 Å². The van der Waals surface area contributed by atoms with Gasteiger partial charge in [-0.15, -0.1) is 0 Å². The maximum atomic E-state index is 12.3. The number of Topliss-reactive ketones (excluding diaryl/α,β-unsaturated/α-hetero) is 1. The summed E-state index contributed by atoms with van der Waals surface area (Å²) in [6.07, 6.45) is 0.582. The van der Waals surface area contributed by atoms with Crippen molar-refractivity contribution < 1.29 is 14.3 Å². The minimum atomic E-state index is 0.221. The largest absolute Gasteiger partial charge is 0.494 e. The van der Waals surface area contributed by atoms with Crippen molar-refractivity contribution in [2.24, 2.45) is 0 Å². The minimum absolute atomic E-state index is 0.221. The summed E-state index contributed by atoms with van der Waals surface area (Å²) < 4.78 is 11.4. The van der Waals surface area contributed by atoms with Gasteiger partial charge >= 0.3 is 0 Å². The zero-order valence-electron chi connectivity index (χ0n) is 12.7. The van der Waals surface area contributed by atoms with Gasteiger partial charge in [-0.1, -0.05) is 6.92 Å². The standard InChI is InChI=1S/C18H20O3/c1-4-20-12-6-7-13-15(9-12)18-14(10-17(13)21-5-2)11(3)8-16(18)19/h6-7,9-11H,4-5,8H2,1-3H3. The van der Waals surface area contributed by atoms with E-state index in [0.717, 1.165) is 33.4 Å². The molecule has 2 aromatic rings. The van der Waals surface area contributed by atoms with Crippen LogP contribution in [0.4, 0.5) is 0 Å². The Balaban J connectivity index is 2.29. The first-order valence-electron chi connectivity index (χ1n) is 7.55. The van der Waals surface area contributed by atoms with Gasteiger partial charge in [0.25, 0.3) is 0 Å². The van der Waals surface area contributed by atoms with Gasteiger partial charge in [0.2, 0.25) is 0 Å². The SMILES string of the molecule is CCOc1ccc2c(OCC)cc3c(c2c1)C(=O)CC3C. The number of hydrogen-bond acceptors (Lipinski definition) is 3. The van der Waals surface area contributed by atoms with Crippen molar-refractivity contribution >= 4 is 16.6 Å². The molecule has 2 aromatic carbocycles. The van der Waals surface area contributed by atoms with E-state index in [4.69, 9.17) is 9.47 Å². The summed E-state index contributed by atoms with van der Waals surface area (Å²) in [5.41, 5.74) is 1.95. The van der Waals surface area contributed by atoms with Crippen molar-refractivity contribution in [1.82, 2.24) is 0 Å². The van der Waals surface area contributed by atoms with E-state index in [1.165, 1.54) is 0 Å². The lowest BCUT2D eigenvalue weighted by molar-refractivity contribution is 0.0991. The van der Waals surface area contributed by atoms with Crippen molar-refractivity contribution in [3.63, 3.8) is 0 Å². The van der Waals surface area contributed by atoms with Crippen LogP contribution in [0.5, 0.6) is 11.5 Å². The molecule has 1 aliphatic carbocycles. The number of benzene rings is 2. The average Bonchev–Trinajstić information content (AvgIpc) is 2.74. The van der Waals surface area contributed by atoms with Crippen LogP contribution in [0.3, 0.4) is 0 Å². The minimum Gasteiger partial charge on any atom is -0.494 e. The van der Waals surface area contributed by atoms with Crippen molar-refractivity contribution in [2.75, 3.05) is 13.2 Å². The Labute approximate surface area is 124 Å². The summed E-state index contributed by atoms with van der Waals surface area (Å²) in [6, 6.07) is 7.93. The summed E-state index contributed by atoms with van der Waals surface area (Å²) in [6.45, 7) is 7.25. The molecule has 0 fully saturated rings. The van der Waals surface area contributed by atoms with Crippen LogP contribution in [0.25, 0.3) is 10.8 Å². The third-order valence-corrected chi connectivity index (χ3v) is 4.01. The Kier molecular flexibility index (Phi) is 3.58. The fraction of sp³-hybridized carbons (Fsp3) is 0.389. The Morgan fingerprint density at radius 2 is 1.86 bits per heavy atom. The molecular formula is C18H20O3. The second-order valence-electron chi connectivity index (χ2n) is 5.44. The summed E-state index contributed by atoms with van der Waals surface area (Å²) in [5.74, 6) is 2.13. The monoisotopic (exact) mass is 284 g/mol. The van der Waals surface area contributed by atoms with E-state index in [0.29, 0.717) is 19.6 Å². The van der Waals surface area contributed by atoms with Crippen molar-refractivity contribution in [1.29, 1.82) is 0 Å². The molecule has 3 nitrogen and oxygen atoms in total. The molecule has 0 radical (unpaired) electrons. The van der Waals surface area contributed by atoms with E-state index in [9.17, 15) is 4.79 Å². The Hall–Kier alpha value is -2.03. The van der Waals surface area contributed by atoms with Crippen molar-refractivity contribution in [2.45, 2.75) is 33.1 Å². The van der Waals surface area contributed by atoms with Gasteiger partial charge in [-0.05, 0) is 49.6 Å². The van der Waals surface area contributed by atoms with Gasteiger partial charge < -0.3 is 9.47 Å². The van der Waals surface area contributed by atoms with Gasteiger partial charge in [0.1, 0.15) is 11.5 Å². The molecule has 21 heavy (non-hydrogen) atoms. The number of carbonyl (C=O) groups is 1. The Morgan fingerprint density at radius 1 is 1.10 bits per heavy atom.